The lowest BCUT2D eigenvalue weighted by atomic mass is 10.1. The molecular formula is C15H18ClN7O. The largest absolute Gasteiger partial charge is 0.398 e. The first-order valence-corrected chi connectivity index (χ1v) is 7.58. The molecule has 9 heteroatoms. The fraction of sp³-hybridized carbons (Fsp3) is 0.133. The van der Waals surface area contributed by atoms with Gasteiger partial charge in [-0.3, -0.25) is 5.10 Å². The van der Waals surface area contributed by atoms with E-state index in [1.165, 1.54) is 11.2 Å². The van der Waals surface area contributed by atoms with Crippen LogP contribution in [0.15, 0.2) is 36.9 Å². The van der Waals surface area contributed by atoms with Crippen molar-refractivity contribution >= 4 is 34.0 Å². The number of nitrogens with one attached hydrogen (secondary N) is 1. The SMILES string of the molecule is N/C(=C\N(N)CCO)n1cc(-c2cn[nH]c2)c2c(N)cc(Cl)cc21. The smallest absolute Gasteiger partial charge is 0.125 e. The van der Waals surface area contributed by atoms with Crippen molar-refractivity contribution in [1.29, 1.82) is 0 Å². The average molecular weight is 348 g/mol. The van der Waals surface area contributed by atoms with Gasteiger partial charge in [-0.25, -0.2) is 5.84 Å². The lowest BCUT2D eigenvalue weighted by molar-refractivity contribution is 0.239. The van der Waals surface area contributed by atoms with E-state index in [0.717, 1.165) is 22.0 Å². The van der Waals surface area contributed by atoms with Gasteiger partial charge in [-0.1, -0.05) is 11.6 Å². The number of fused-ring (bicyclic) bond motifs is 1. The third kappa shape index (κ3) is 2.90. The Morgan fingerprint density at radius 1 is 1.46 bits per heavy atom. The second-order valence-electron chi connectivity index (χ2n) is 5.30. The fourth-order valence-corrected chi connectivity index (χ4v) is 2.82. The molecule has 0 spiro atoms. The molecule has 3 rings (SSSR count). The first-order valence-electron chi connectivity index (χ1n) is 7.20. The number of nitrogen functional groups attached to an aromatic ring is 1. The predicted molar refractivity (Wildman–Crippen MR) is 95.4 cm³/mol. The zero-order chi connectivity index (χ0) is 17.3. The number of aromatic amines is 1. The van der Waals surface area contributed by atoms with Crippen molar-refractivity contribution in [2.24, 2.45) is 11.6 Å². The Morgan fingerprint density at radius 2 is 2.25 bits per heavy atom. The molecule has 8 N–H and O–H groups in total. The minimum absolute atomic E-state index is 0.0776. The molecule has 0 unspecified atom stereocenters. The minimum Gasteiger partial charge on any atom is -0.398 e. The van der Waals surface area contributed by atoms with Gasteiger partial charge in [-0.05, 0) is 12.1 Å². The lowest BCUT2D eigenvalue weighted by Gasteiger charge is -2.14. The zero-order valence-electron chi connectivity index (χ0n) is 12.8. The Labute approximate surface area is 143 Å². The number of aromatic nitrogens is 3. The Hall–Kier alpha value is -2.68. The molecule has 0 saturated heterocycles. The van der Waals surface area contributed by atoms with Crippen molar-refractivity contribution in [2.75, 3.05) is 18.9 Å². The van der Waals surface area contributed by atoms with E-state index in [1.54, 1.807) is 29.1 Å². The summed E-state index contributed by atoms with van der Waals surface area (Å²) < 4.78 is 1.75. The van der Waals surface area contributed by atoms with Gasteiger partial charge in [-0.15, -0.1) is 0 Å². The van der Waals surface area contributed by atoms with Crippen LogP contribution in [0.1, 0.15) is 0 Å². The van der Waals surface area contributed by atoms with E-state index in [9.17, 15) is 0 Å². The van der Waals surface area contributed by atoms with E-state index in [1.807, 2.05) is 6.20 Å². The summed E-state index contributed by atoms with van der Waals surface area (Å²) in [6.07, 6.45) is 6.86. The van der Waals surface area contributed by atoms with Gasteiger partial charge in [0.25, 0.3) is 0 Å². The Bertz CT molecular complexity index is 885. The average Bonchev–Trinajstić information content (AvgIpc) is 3.13. The normalized spacial score (nSPS) is 12.0. The zero-order valence-corrected chi connectivity index (χ0v) is 13.5. The lowest BCUT2D eigenvalue weighted by Crippen LogP contribution is -2.29. The van der Waals surface area contributed by atoms with E-state index < -0.39 is 0 Å². The standard InChI is InChI=1S/C15H18ClN7O/c16-10-3-12(17)15-11(9-5-20-21-6-9)7-23(13(15)4-10)14(18)8-22(19)1-2-24/h3-8,24H,1-2,17-19H2,(H,20,21)/b14-8+. The molecule has 0 radical (unpaired) electrons. The Balaban J connectivity index is 2.22. The molecule has 0 aliphatic heterocycles. The van der Waals surface area contributed by atoms with Gasteiger partial charge >= 0.3 is 0 Å². The maximum atomic E-state index is 8.95. The molecular weight excluding hydrogens is 330 g/mol. The molecule has 8 nitrogen and oxygen atoms in total. The predicted octanol–water partition coefficient (Wildman–Crippen LogP) is 1.15. The maximum absolute atomic E-state index is 8.95. The van der Waals surface area contributed by atoms with E-state index in [0.29, 0.717) is 16.5 Å². The molecule has 0 bridgehead atoms. The molecule has 0 aliphatic carbocycles. The Kier molecular flexibility index (Phi) is 4.34. The highest BCUT2D eigenvalue weighted by atomic mass is 35.5. The van der Waals surface area contributed by atoms with Crippen LogP contribution >= 0.6 is 11.6 Å². The number of hydrogen-bond donors (Lipinski definition) is 5. The van der Waals surface area contributed by atoms with Crippen LogP contribution in [-0.4, -0.2) is 38.0 Å². The maximum Gasteiger partial charge on any atom is 0.125 e. The minimum atomic E-state index is -0.0776. The van der Waals surface area contributed by atoms with Crippen molar-refractivity contribution in [1.82, 2.24) is 19.8 Å². The number of nitrogens with zero attached hydrogens (tertiary/aromatic N) is 3. The first-order chi connectivity index (χ1) is 11.5. The summed E-state index contributed by atoms with van der Waals surface area (Å²) in [6, 6.07) is 3.48. The molecule has 2 heterocycles. The highest BCUT2D eigenvalue weighted by molar-refractivity contribution is 6.32. The molecule has 2 aromatic heterocycles. The van der Waals surface area contributed by atoms with Crippen molar-refractivity contribution in [3.63, 3.8) is 0 Å². The van der Waals surface area contributed by atoms with Crippen LogP contribution in [0.25, 0.3) is 27.9 Å². The number of rotatable bonds is 5. The molecule has 126 valence electrons. The molecule has 1 aromatic carbocycles. The van der Waals surface area contributed by atoms with Crippen LogP contribution in [0.2, 0.25) is 5.02 Å². The van der Waals surface area contributed by atoms with Crippen LogP contribution in [0.3, 0.4) is 0 Å². The van der Waals surface area contributed by atoms with Gasteiger partial charge in [-0.2, -0.15) is 5.10 Å². The van der Waals surface area contributed by atoms with Crippen LogP contribution in [0.5, 0.6) is 0 Å². The van der Waals surface area contributed by atoms with Gasteiger partial charge in [0.1, 0.15) is 5.82 Å². The monoisotopic (exact) mass is 347 g/mol. The molecule has 24 heavy (non-hydrogen) atoms. The number of H-pyrrole nitrogens is 1. The number of hydrogen-bond acceptors (Lipinski definition) is 6. The number of nitrogens with two attached hydrogens (primary N) is 3. The molecule has 0 saturated carbocycles. The summed E-state index contributed by atoms with van der Waals surface area (Å²) in [5.41, 5.74) is 15.4. The third-order valence-electron chi connectivity index (χ3n) is 3.64. The van der Waals surface area contributed by atoms with Crippen molar-refractivity contribution in [3.05, 3.63) is 41.9 Å². The fourth-order valence-electron chi connectivity index (χ4n) is 2.60. The highest BCUT2D eigenvalue weighted by Gasteiger charge is 2.16. The topological polar surface area (TPSA) is 135 Å². The van der Waals surface area contributed by atoms with E-state index in [-0.39, 0.29) is 13.2 Å². The highest BCUT2D eigenvalue weighted by Crippen LogP contribution is 2.37. The first kappa shape index (κ1) is 16.2. The molecule has 3 aromatic rings. The summed E-state index contributed by atoms with van der Waals surface area (Å²) in [5, 5.41) is 18.4. The van der Waals surface area contributed by atoms with Crippen LogP contribution in [-0.2, 0) is 0 Å². The molecule has 0 amide bonds. The number of halogens is 1. The summed E-state index contributed by atoms with van der Waals surface area (Å²) >= 11 is 6.15. The van der Waals surface area contributed by atoms with Gasteiger partial charge < -0.3 is 26.1 Å². The number of anilines is 1. The van der Waals surface area contributed by atoms with Gasteiger partial charge in [0.15, 0.2) is 0 Å². The van der Waals surface area contributed by atoms with Crippen molar-refractivity contribution in [2.45, 2.75) is 0 Å². The van der Waals surface area contributed by atoms with Crippen molar-refractivity contribution < 1.29 is 5.11 Å². The van der Waals surface area contributed by atoms with Gasteiger partial charge in [0.2, 0.25) is 0 Å². The number of aliphatic hydroxyl groups excluding tert-OH is 1. The Morgan fingerprint density at radius 3 is 2.92 bits per heavy atom. The second-order valence-corrected chi connectivity index (χ2v) is 5.74. The number of hydrazine groups is 1. The van der Waals surface area contributed by atoms with Crippen molar-refractivity contribution in [3.8, 4) is 11.1 Å². The van der Waals surface area contributed by atoms with Crippen LogP contribution in [0.4, 0.5) is 5.69 Å². The van der Waals surface area contributed by atoms with E-state index in [2.05, 4.69) is 10.2 Å². The quantitative estimate of drug-likeness (QED) is 0.267. The van der Waals surface area contributed by atoms with E-state index in [4.69, 9.17) is 34.0 Å². The molecule has 0 fully saturated rings. The number of aliphatic hydroxyl groups is 1. The number of benzene rings is 1. The molecule has 0 atom stereocenters. The third-order valence-corrected chi connectivity index (χ3v) is 3.86. The van der Waals surface area contributed by atoms with Gasteiger partial charge in [0.05, 0.1) is 31.1 Å². The molecule has 0 aliphatic rings. The van der Waals surface area contributed by atoms with Gasteiger partial charge in [0, 0.05) is 39.6 Å². The summed E-state index contributed by atoms with van der Waals surface area (Å²) in [6.45, 7) is 0.184. The summed E-state index contributed by atoms with van der Waals surface area (Å²) in [7, 11) is 0. The second kappa shape index (κ2) is 6.44. The summed E-state index contributed by atoms with van der Waals surface area (Å²) in [5.74, 6) is 6.13. The van der Waals surface area contributed by atoms with Crippen LogP contribution < -0.4 is 17.3 Å². The summed E-state index contributed by atoms with van der Waals surface area (Å²) in [4.78, 5) is 0. The van der Waals surface area contributed by atoms with E-state index >= 15 is 0 Å². The van der Waals surface area contributed by atoms with Crippen LogP contribution in [0, 0.1) is 0 Å².